The van der Waals surface area contributed by atoms with Gasteiger partial charge in [0.15, 0.2) is 6.29 Å². The third-order valence-electron chi connectivity index (χ3n) is 1.22. The van der Waals surface area contributed by atoms with Gasteiger partial charge in [0, 0.05) is 12.4 Å². The monoisotopic (exact) mass is 148 g/mol. The summed E-state index contributed by atoms with van der Waals surface area (Å²) in [4.78, 5) is 23.6. The zero-order chi connectivity index (χ0) is 8.27. The molecule has 0 aromatic carbocycles. The smallest absolute Gasteiger partial charge is 0.209 e. The van der Waals surface area contributed by atoms with E-state index in [1.807, 2.05) is 0 Å². The summed E-state index contributed by atoms with van der Waals surface area (Å²) in [5.74, 6) is 0. The molecule has 0 saturated carbocycles. The van der Waals surface area contributed by atoms with Crippen molar-refractivity contribution in [2.75, 3.05) is 0 Å². The van der Waals surface area contributed by atoms with Crippen LogP contribution in [0.2, 0.25) is 0 Å². The van der Waals surface area contributed by atoms with Crippen molar-refractivity contribution in [2.45, 2.75) is 0 Å². The van der Waals surface area contributed by atoms with Gasteiger partial charge in [0.05, 0.1) is 5.56 Å². The van der Waals surface area contributed by atoms with Crippen LogP contribution in [-0.2, 0) is 0 Å². The molecule has 1 rings (SSSR count). The van der Waals surface area contributed by atoms with E-state index < -0.39 is 5.43 Å². The van der Waals surface area contributed by atoms with E-state index in [0.717, 1.165) is 0 Å². The highest BCUT2D eigenvalue weighted by molar-refractivity contribution is 5.74. The molecule has 0 aliphatic carbocycles. The third kappa shape index (κ3) is 1.17. The number of hydrogen-bond acceptors (Lipinski definition) is 3. The Bertz CT molecular complexity index is 373. The average molecular weight is 148 g/mol. The summed E-state index contributed by atoms with van der Waals surface area (Å²) in [6.07, 6.45) is 2.94. The Morgan fingerprint density at radius 1 is 1.55 bits per heavy atom. The number of hydrogen-bond donors (Lipinski definition) is 1. The van der Waals surface area contributed by atoms with Crippen LogP contribution in [0, 0.1) is 11.3 Å². The maximum absolute atomic E-state index is 11.0. The van der Waals surface area contributed by atoms with E-state index in [-0.39, 0.29) is 11.1 Å². The largest absolute Gasteiger partial charge is 0.366 e. The molecule has 0 atom stereocenters. The zero-order valence-electron chi connectivity index (χ0n) is 5.50. The molecule has 0 bridgehead atoms. The van der Waals surface area contributed by atoms with Crippen LogP contribution in [-0.4, -0.2) is 11.3 Å². The number of carbonyl (C=O) groups excluding carboxylic acids is 1. The Morgan fingerprint density at radius 3 is 2.82 bits per heavy atom. The maximum atomic E-state index is 11.0. The predicted molar refractivity (Wildman–Crippen MR) is 37.2 cm³/mol. The van der Waals surface area contributed by atoms with Crippen LogP contribution in [0.5, 0.6) is 0 Å². The number of H-pyrrole nitrogens is 1. The van der Waals surface area contributed by atoms with Gasteiger partial charge < -0.3 is 4.98 Å². The molecular weight excluding hydrogens is 144 g/mol. The average Bonchev–Trinajstić information content (AvgIpc) is 2.05. The van der Waals surface area contributed by atoms with Gasteiger partial charge in [0.1, 0.15) is 11.6 Å². The number of pyridine rings is 1. The molecule has 11 heavy (non-hydrogen) atoms. The second-order valence-electron chi connectivity index (χ2n) is 1.88. The van der Waals surface area contributed by atoms with Crippen molar-refractivity contribution in [1.29, 1.82) is 5.26 Å². The van der Waals surface area contributed by atoms with E-state index in [4.69, 9.17) is 5.26 Å². The normalized spacial score (nSPS) is 8.64. The Kier molecular flexibility index (Phi) is 1.83. The lowest BCUT2D eigenvalue weighted by atomic mass is 10.2. The van der Waals surface area contributed by atoms with Crippen molar-refractivity contribution in [2.24, 2.45) is 0 Å². The molecule has 1 aromatic rings. The topological polar surface area (TPSA) is 73.7 Å². The Morgan fingerprint density at radius 2 is 2.27 bits per heavy atom. The number of nitrogens with zero attached hydrogens (tertiary/aromatic N) is 1. The summed E-state index contributed by atoms with van der Waals surface area (Å²) in [5, 5.41) is 8.35. The van der Waals surface area contributed by atoms with Gasteiger partial charge in [-0.25, -0.2) is 0 Å². The predicted octanol–water partition coefficient (Wildman–Crippen LogP) is 0.0591. The molecule has 4 nitrogen and oxygen atoms in total. The summed E-state index contributed by atoms with van der Waals surface area (Å²) < 4.78 is 0. The Hall–Kier alpha value is -1.89. The first kappa shape index (κ1) is 7.22. The minimum atomic E-state index is -0.527. The van der Waals surface area contributed by atoms with Gasteiger partial charge in [0.25, 0.3) is 0 Å². The highest BCUT2D eigenvalue weighted by Crippen LogP contribution is 1.87. The van der Waals surface area contributed by atoms with Gasteiger partial charge in [-0.3, -0.25) is 9.59 Å². The van der Waals surface area contributed by atoms with Crippen molar-refractivity contribution < 1.29 is 4.79 Å². The number of nitriles is 1. The Balaban J connectivity index is 3.47. The van der Waals surface area contributed by atoms with E-state index in [2.05, 4.69) is 4.98 Å². The second-order valence-corrected chi connectivity index (χ2v) is 1.88. The lowest BCUT2D eigenvalue weighted by molar-refractivity contribution is 0.112. The number of aldehydes is 1. The first-order chi connectivity index (χ1) is 5.29. The van der Waals surface area contributed by atoms with Crippen molar-refractivity contribution in [1.82, 2.24) is 4.98 Å². The standard InChI is InChI=1S/C7H4N2O2/c8-1-5-2-9-3-6(4-10)7(5)11/h2-4H,(H,9,11). The molecular formula is C7H4N2O2. The quantitative estimate of drug-likeness (QED) is 0.572. The molecule has 1 N–H and O–H groups in total. The SMILES string of the molecule is N#Cc1c[nH]cc(C=O)c1=O. The molecule has 0 amide bonds. The van der Waals surface area contributed by atoms with E-state index in [0.29, 0.717) is 6.29 Å². The maximum Gasteiger partial charge on any atom is 0.209 e. The number of rotatable bonds is 1. The number of aromatic nitrogens is 1. The summed E-state index contributed by atoms with van der Waals surface area (Å²) in [5.41, 5.74) is -0.597. The molecule has 0 radical (unpaired) electrons. The van der Waals surface area contributed by atoms with Crippen LogP contribution in [0.3, 0.4) is 0 Å². The molecule has 0 saturated heterocycles. The van der Waals surface area contributed by atoms with Crippen LogP contribution < -0.4 is 5.43 Å². The van der Waals surface area contributed by atoms with Crippen LogP contribution in [0.25, 0.3) is 0 Å². The first-order valence-electron chi connectivity index (χ1n) is 2.86. The highest BCUT2D eigenvalue weighted by Gasteiger charge is 2.01. The molecule has 1 heterocycles. The van der Waals surface area contributed by atoms with Crippen molar-refractivity contribution >= 4 is 6.29 Å². The minimum Gasteiger partial charge on any atom is -0.366 e. The fraction of sp³-hybridized carbons (Fsp3) is 0. The van der Waals surface area contributed by atoms with Gasteiger partial charge in [-0.1, -0.05) is 0 Å². The van der Waals surface area contributed by atoms with E-state index in [1.165, 1.54) is 12.4 Å². The molecule has 0 aliphatic heterocycles. The van der Waals surface area contributed by atoms with E-state index >= 15 is 0 Å². The fourth-order valence-electron chi connectivity index (χ4n) is 0.672. The van der Waals surface area contributed by atoms with Gasteiger partial charge in [-0.15, -0.1) is 0 Å². The molecule has 0 aliphatic rings. The first-order valence-corrected chi connectivity index (χ1v) is 2.86. The van der Waals surface area contributed by atoms with Crippen LogP contribution in [0.15, 0.2) is 17.2 Å². The lowest BCUT2D eigenvalue weighted by Crippen LogP contribution is -2.11. The minimum absolute atomic E-state index is 0.0240. The fourth-order valence-corrected chi connectivity index (χ4v) is 0.672. The molecule has 0 unspecified atom stereocenters. The van der Waals surface area contributed by atoms with Gasteiger partial charge in [-0.05, 0) is 0 Å². The zero-order valence-corrected chi connectivity index (χ0v) is 5.50. The molecule has 0 spiro atoms. The van der Waals surface area contributed by atoms with Crippen molar-refractivity contribution in [3.63, 3.8) is 0 Å². The van der Waals surface area contributed by atoms with Crippen LogP contribution in [0.4, 0.5) is 0 Å². The van der Waals surface area contributed by atoms with Gasteiger partial charge >= 0.3 is 0 Å². The summed E-state index contributed by atoms with van der Waals surface area (Å²) in [6.45, 7) is 0. The van der Waals surface area contributed by atoms with E-state index in [9.17, 15) is 9.59 Å². The van der Waals surface area contributed by atoms with E-state index in [1.54, 1.807) is 6.07 Å². The lowest BCUT2D eigenvalue weighted by Gasteiger charge is -1.88. The molecule has 0 fully saturated rings. The Labute approximate surface area is 62.1 Å². The summed E-state index contributed by atoms with van der Waals surface area (Å²) in [7, 11) is 0. The number of aromatic amines is 1. The summed E-state index contributed by atoms with van der Waals surface area (Å²) >= 11 is 0. The highest BCUT2D eigenvalue weighted by atomic mass is 16.1. The third-order valence-corrected chi connectivity index (χ3v) is 1.22. The number of nitrogens with one attached hydrogen (secondary N) is 1. The molecule has 1 aromatic heterocycles. The van der Waals surface area contributed by atoms with Crippen LogP contribution in [0.1, 0.15) is 15.9 Å². The molecule has 4 heteroatoms. The van der Waals surface area contributed by atoms with Crippen molar-refractivity contribution in [3.05, 3.63) is 33.7 Å². The summed E-state index contributed by atoms with van der Waals surface area (Å²) in [6, 6.07) is 1.67. The molecule has 54 valence electrons. The van der Waals surface area contributed by atoms with Crippen molar-refractivity contribution in [3.8, 4) is 6.07 Å². The van der Waals surface area contributed by atoms with Gasteiger partial charge in [0.2, 0.25) is 5.43 Å². The number of carbonyl (C=O) groups is 1. The van der Waals surface area contributed by atoms with Crippen LogP contribution >= 0.6 is 0 Å². The van der Waals surface area contributed by atoms with Gasteiger partial charge in [-0.2, -0.15) is 5.26 Å². The second kappa shape index (κ2) is 2.80.